The number of benzene rings is 1. The molecule has 0 amide bonds. The molecule has 1 N–H and O–H groups in total. The Hall–Kier alpha value is -1.81. The maximum Gasteiger partial charge on any atom is 0.223 e. The molecule has 0 atom stereocenters. The lowest BCUT2D eigenvalue weighted by molar-refractivity contribution is 0.415. The number of anilines is 1. The summed E-state index contributed by atoms with van der Waals surface area (Å²) in [4.78, 5) is 8.90. The Morgan fingerprint density at radius 1 is 1.25 bits per heavy atom. The zero-order valence-electron chi connectivity index (χ0n) is 11.9. The molecule has 0 spiro atoms. The van der Waals surface area contributed by atoms with Crippen molar-refractivity contribution in [3.05, 3.63) is 35.0 Å². The SMILES string of the molecule is CCCNc1nc(C)cc(-c2ccc(Cl)c(OC)c2)n1. The van der Waals surface area contributed by atoms with Crippen LogP contribution in [0.15, 0.2) is 24.3 Å². The van der Waals surface area contributed by atoms with Crippen LogP contribution in [-0.2, 0) is 0 Å². The molecule has 5 heteroatoms. The Bertz CT molecular complexity index is 602. The van der Waals surface area contributed by atoms with Gasteiger partial charge in [-0.1, -0.05) is 24.6 Å². The first-order valence-electron chi connectivity index (χ1n) is 6.57. The van der Waals surface area contributed by atoms with E-state index in [1.807, 2.05) is 31.2 Å². The second-order valence-corrected chi connectivity index (χ2v) is 4.90. The minimum absolute atomic E-state index is 0.589. The van der Waals surface area contributed by atoms with Crippen LogP contribution in [0, 0.1) is 6.92 Å². The monoisotopic (exact) mass is 291 g/mol. The summed E-state index contributed by atoms with van der Waals surface area (Å²) < 4.78 is 5.24. The standard InChI is InChI=1S/C15H18ClN3O/c1-4-7-17-15-18-10(2)8-13(19-15)11-5-6-12(16)14(9-11)20-3/h5-6,8-9H,4,7H2,1-3H3,(H,17,18,19). The average Bonchev–Trinajstić information content (AvgIpc) is 2.45. The predicted molar refractivity (Wildman–Crippen MR) is 82.5 cm³/mol. The summed E-state index contributed by atoms with van der Waals surface area (Å²) >= 11 is 6.04. The van der Waals surface area contributed by atoms with E-state index in [0.717, 1.165) is 29.9 Å². The number of hydrogen-bond donors (Lipinski definition) is 1. The fourth-order valence-corrected chi connectivity index (χ4v) is 2.05. The first-order chi connectivity index (χ1) is 9.63. The number of nitrogens with one attached hydrogen (secondary N) is 1. The molecular weight excluding hydrogens is 274 g/mol. The van der Waals surface area contributed by atoms with Gasteiger partial charge in [-0.15, -0.1) is 0 Å². The van der Waals surface area contributed by atoms with Gasteiger partial charge in [0.2, 0.25) is 5.95 Å². The molecule has 2 rings (SSSR count). The number of hydrogen-bond acceptors (Lipinski definition) is 4. The summed E-state index contributed by atoms with van der Waals surface area (Å²) in [5.74, 6) is 1.29. The smallest absolute Gasteiger partial charge is 0.223 e. The lowest BCUT2D eigenvalue weighted by atomic mass is 10.1. The minimum atomic E-state index is 0.589. The number of halogens is 1. The van der Waals surface area contributed by atoms with Crippen LogP contribution in [0.1, 0.15) is 19.0 Å². The van der Waals surface area contributed by atoms with Crippen molar-refractivity contribution in [2.75, 3.05) is 19.0 Å². The van der Waals surface area contributed by atoms with E-state index >= 15 is 0 Å². The van der Waals surface area contributed by atoms with Crippen molar-refractivity contribution >= 4 is 17.5 Å². The zero-order valence-corrected chi connectivity index (χ0v) is 12.7. The van der Waals surface area contributed by atoms with E-state index in [1.165, 1.54) is 0 Å². The van der Waals surface area contributed by atoms with E-state index < -0.39 is 0 Å². The van der Waals surface area contributed by atoms with E-state index in [4.69, 9.17) is 16.3 Å². The van der Waals surface area contributed by atoms with E-state index in [9.17, 15) is 0 Å². The molecule has 0 aliphatic carbocycles. The van der Waals surface area contributed by atoms with E-state index in [2.05, 4.69) is 22.2 Å². The molecule has 20 heavy (non-hydrogen) atoms. The maximum absolute atomic E-state index is 6.04. The van der Waals surface area contributed by atoms with Gasteiger partial charge < -0.3 is 10.1 Å². The Kier molecular flexibility index (Phi) is 4.79. The van der Waals surface area contributed by atoms with Gasteiger partial charge in [0.25, 0.3) is 0 Å². The topological polar surface area (TPSA) is 47.0 Å². The average molecular weight is 292 g/mol. The molecule has 1 heterocycles. The van der Waals surface area contributed by atoms with Gasteiger partial charge in [0.1, 0.15) is 5.75 Å². The lowest BCUT2D eigenvalue weighted by Gasteiger charge is -2.09. The molecular formula is C15H18ClN3O. The maximum atomic E-state index is 6.04. The van der Waals surface area contributed by atoms with Gasteiger partial charge in [0.15, 0.2) is 0 Å². The van der Waals surface area contributed by atoms with Gasteiger partial charge in [0, 0.05) is 17.8 Å². The first-order valence-corrected chi connectivity index (χ1v) is 6.95. The van der Waals surface area contributed by atoms with Gasteiger partial charge in [-0.3, -0.25) is 0 Å². The van der Waals surface area contributed by atoms with Crippen molar-refractivity contribution in [1.29, 1.82) is 0 Å². The molecule has 0 unspecified atom stereocenters. The van der Waals surface area contributed by atoms with E-state index in [-0.39, 0.29) is 0 Å². The summed E-state index contributed by atoms with van der Waals surface area (Å²) in [5.41, 5.74) is 2.73. The first kappa shape index (κ1) is 14.6. The van der Waals surface area contributed by atoms with Crippen molar-refractivity contribution in [2.24, 2.45) is 0 Å². The largest absolute Gasteiger partial charge is 0.495 e. The van der Waals surface area contributed by atoms with Gasteiger partial charge >= 0.3 is 0 Å². The molecule has 0 aliphatic rings. The third kappa shape index (κ3) is 3.39. The number of methoxy groups -OCH3 is 1. The van der Waals surface area contributed by atoms with Crippen LogP contribution < -0.4 is 10.1 Å². The van der Waals surface area contributed by atoms with Crippen LogP contribution in [0.5, 0.6) is 5.75 Å². The third-order valence-corrected chi connectivity index (χ3v) is 3.15. The van der Waals surface area contributed by atoms with Gasteiger partial charge in [-0.05, 0) is 31.5 Å². The number of aromatic nitrogens is 2. The lowest BCUT2D eigenvalue weighted by Crippen LogP contribution is -2.05. The van der Waals surface area contributed by atoms with Crippen molar-refractivity contribution in [1.82, 2.24) is 9.97 Å². The van der Waals surface area contributed by atoms with Crippen LogP contribution in [0.3, 0.4) is 0 Å². The van der Waals surface area contributed by atoms with Crippen LogP contribution in [0.4, 0.5) is 5.95 Å². The van der Waals surface area contributed by atoms with Crippen LogP contribution in [0.25, 0.3) is 11.3 Å². The Morgan fingerprint density at radius 3 is 2.75 bits per heavy atom. The second kappa shape index (κ2) is 6.57. The summed E-state index contributed by atoms with van der Waals surface area (Å²) in [7, 11) is 1.60. The van der Waals surface area contributed by atoms with Crippen LogP contribution in [-0.4, -0.2) is 23.6 Å². The Morgan fingerprint density at radius 2 is 2.05 bits per heavy atom. The summed E-state index contributed by atoms with van der Waals surface area (Å²) in [6.07, 6.45) is 1.03. The number of nitrogens with zero attached hydrogens (tertiary/aromatic N) is 2. The zero-order chi connectivity index (χ0) is 14.5. The number of rotatable bonds is 5. The van der Waals surface area contributed by atoms with Crippen molar-refractivity contribution < 1.29 is 4.74 Å². The molecule has 0 saturated heterocycles. The fourth-order valence-electron chi connectivity index (χ4n) is 1.85. The normalized spacial score (nSPS) is 10.4. The summed E-state index contributed by atoms with van der Waals surface area (Å²) in [5, 5.41) is 3.79. The van der Waals surface area contributed by atoms with E-state index in [0.29, 0.717) is 16.7 Å². The Balaban J connectivity index is 2.38. The summed E-state index contributed by atoms with van der Waals surface area (Å²) in [6.45, 7) is 4.91. The quantitative estimate of drug-likeness (QED) is 0.906. The minimum Gasteiger partial charge on any atom is -0.495 e. The predicted octanol–water partition coefficient (Wildman–Crippen LogP) is 3.94. The van der Waals surface area contributed by atoms with Crippen molar-refractivity contribution in [2.45, 2.75) is 20.3 Å². The molecule has 2 aromatic rings. The highest BCUT2D eigenvalue weighted by molar-refractivity contribution is 6.32. The number of ether oxygens (including phenoxy) is 1. The molecule has 0 saturated carbocycles. The van der Waals surface area contributed by atoms with Crippen LogP contribution >= 0.6 is 11.6 Å². The van der Waals surface area contributed by atoms with E-state index in [1.54, 1.807) is 7.11 Å². The third-order valence-electron chi connectivity index (χ3n) is 2.83. The molecule has 0 aliphatic heterocycles. The molecule has 4 nitrogen and oxygen atoms in total. The van der Waals surface area contributed by atoms with Gasteiger partial charge in [-0.25, -0.2) is 9.97 Å². The molecule has 0 radical (unpaired) electrons. The van der Waals surface area contributed by atoms with Gasteiger partial charge in [-0.2, -0.15) is 0 Å². The fraction of sp³-hybridized carbons (Fsp3) is 0.333. The second-order valence-electron chi connectivity index (χ2n) is 4.49. The molecule has 1 aromatic heterocycles. The molecule has 0 fully saturated rings. The van der Waals surface area contributed by atoms with Crippen molar-refractivity contribution in [3.8, 4) is 17.0 Å². The molecule has 106 valence electrons. The van der Waals surface area contributed by atoms with Crippen LogP contribution in [0.2, 0.25) is 5.02 Å². The highest BCUT2D eigenvalue weighted by Crippen LogP contribution is 2.30. The molecule has 0 bridgehead atoms. The molecule has 1 aromatic carbocycles. The summed E-state index contributed by atoms with van der Waals surface area (Å²) in [6, 6.07) is 7.57. The van der Waals surface area contributed by atoms with Crippen molar-refractivity contribution in [3.63, 3.8) is 0 Å². The highest BCUT2D eigenvalue weighted by atomic mass is 35.5. The Labute approximate surface area is 124 Å². The number of aryl methyl sites for hydroxylation is 1. The van der Waals surface area contributed by atoms with Gasteiger partial charge in [0.05, 0.1) is 17.8 Å². The highest BCUT2D eigenvalue weighted by Gasteiger charge is 2.08.